The molecule has 0 fully saturated rings. The third kappa shape index (κ3) is 2.65. The lowest BCUT2D eigenvalue weighted by molar-refractivity contribution is -0.139. The molecule has 0 aliphatic heterocycles. The lowest BCUT2D eigenvalue weighted by Gasteiger charge is -2.16. The number of aryl methyl sites for hydroxylation is 1. The zero-order chi connectivity index (χ0) is 15.0. The molecule has 0 saturated carbocycles. The summed E-state index contributed by atoms with van der Waals surface area (Å²) in [5.41, 5.74) is 2.98. The minimum atomic E-state index is -0.754. The highest BCUT2D eigenvalue weighted by Crippen LogP contribution is 2.38. The number of hydrogen-bond donors (Lipinski definition) is 1. The first-order valence-electron chi connectivity index (χ1n) is 7.06. The number of carboxylic acids is 1. The number of anilines is 1. The number of aliphatic carboxylic acids is 1. The standard InChI is InChI=1S/C16H18N2O2S/c1-18(2)11-8-6-10(7-9-11)15-17-14-12(16(19)20)4-3-5-13(14)21-15/h6-9,12H,3-5H2,1-2H3,(H,19,20). The lowest BCUT2D eigenvalue weighted by atomic mass is 9.91. The van der Waals surface area contributed by atoms with Crippen LogP contribution in [0.2, 0.25) is 0 Å². The highest BCUT2D eigenvalue weighted by atomic mass is 32.1. The Morgan fingerprint density at radius 1 is 1.33 bits per heavy atom. The Morgan fingerprint density at radius 3 is 2.67 bits per heavy atom. The molecule has 21 heavy (non-hydrogen) atoms. The van der Waals surface area contributed by atoms with Crippen molar-refractivity contribution in [1.82, 2.24) is 4.98 Å². The number of hydrogen-bond acceptors (Lipinski definition) is 4. The van der Waals surface area contributed by atoms with Crippen LogP contribution in [0.5, 0.6) is 0 Å². The van der Waals surface area contributed by atoms with Crippen LogP contribution < -0.4 is 4.90 Å². The van der Waals surface area contributed by atoms with E-state index in [1.165, 1.54) is 0 Å². The van der Waals surface area contributed by atoms with Crippen molar-refractivity contribution < 1.29 is 9.90 Å². The maximum atomic E-state index is 11.3. The molecule has 2 aromatic rings. The fraction of sp³-hybridized carbons (Fsp3) is 0.375. The first kappa shape index (κ1) is 14.1. The maximum absolute atomic E-state index is 11.3. The topological polar surface area (TPSA) is 53.4 Å². The van der Waals surface area contributed by atoms with Crippen molar-refractivity contribution in [3.05, 3.63) is 34.8 Å². The Kier molecular flexibility index (Phi) is 3.68. The summed E-state index contributed by atoms with van der Waals surface area (Å²) in [7, 11) is 4.02. The van der Waals surface area contributed by atoms with Gasteiger partial charge in [-0.15, -0.1) is 11.3 Å². The smallest absolute Gasteiger partial charge is 0.312 e. The normalized spacial score (nSPS) is 17.3. The summed E-state index contributed by atoms with van der Waals surface area (Å²) < 4.78 is 0. The van der Waals surface area contributed by atoms with Gasteiger partial charge in [-0.3, -0.25) is 4.79 Å². The summed E-state index contributed by atoms with van der Waals surface area (Å²) in [6.45, 7) is 0. The molecule has 1 aromatic carbocycles. The molecule has 5 heteroatoms. The van der Waals surface area contributed by atoms with E-state index in [-0.39, 0.29) is 0 Å². The minimum absolute atomic E-state index is 0.431. The number of thiazole rings is 1. The van der Waals surface area contributed by atoms with E-state index in [1.54, 1.807) is 11.3 Å². The Morgan fingerprint density at radius 2 is 2.05 bits per heavy atom. The van der Waals surface area contributed by atoms with Crippen molar-refractivity contribution in [2.75, 3.05) is 19.0 Å². The largest absolute Gasteiger partial charge is 0.481 e. The van der Waals surface area contributed by atoms with Crippen LogP contribution in [0.4, 0.5) is 5.69 Å². The molecule has 4 nitrogen and oxygen atoms in total. The molecule has 0 spiro atoms. The van der Waals surface area contributed by atoms with Crippen LogP contribution in [0.3, 0.4) is 0 Å². The molecule has 1 heterocycles. The van der Waals surface area contributed by atoms with Gasteiger partial charge >= 0.3 is 5.97 Å². The van der Waals surface area contributed by atoms with Crippen LogP contribution in [-0.2, 0) is 11.2 Å². The van der Waals surface area contributed by atoms with Gasteiger partial charge in [0.15, 0.2) is 0 Å². The SMILES string of the molecule is CN(C)c1ccc(-c2nc3c(s2)CCCC3C(=O)O)cc1. The van der Waals surface area contributed by atoms with Gasteiger partial charge in [-0.2, -0.15) is 0 Å². The second-order valence-electron chi connectivity index (χ2n) is 5.55. The fourth-order valence-electron chi connectivity index (χ4n) is 2.68. The quantitative estimate of drug-likeness (QED) is 0.944. The van der Waals surface area contributed by atoms with Gasteiger partial charge < -0.3 is 10.0 Å². The van der Waals surface area contributed by atoms with E-state index < -0.39 is 11.9 Å². The van der Waals surface area contributed by atoms with Gasteiger partial charge in [-0.05, 0) is 43.5 Å². The van der Waals surface area contributed by atoms with E-state index in [0.717, 1.165) is 39.7 Å². The molecule has 1 aromatic heterocycles. The van der Waals surface area contributed by atoms with Gasteiger partial charge in [0.05, 0.1) is 11.6 Å². The monoisotopic (exact) mass is 302 g/mol. The van der Waals surface area contributed by atoms with Gasteiger partial charge in [0.25, 0.3) is 0 Å². The Bertz CT molecular complexity index is 661. The Hall–Kier alpha value is -1.88. The molecule has 1 aliphatic rings. The van der Waals surface area contributed by atoms with Gasteiger partial charge in [0.1, 0.15) is 5.01 Å². The molecule has 0 radical (unpaired) electrons. The molecule has 1 N–H and O–H groups in total. The van der Waals surface area contributed by atoms with Crippen LogP contribution in [0.25, 0.3) is 10.6 Å². The predicted octanol–water partition coefficient (Wildman–Crippen LogP) is 3.38. The van der Waals surface area contributed by atoms with Crippen molar-refractivity contribution in [1.29, 1.82) is 0 Å². The summed E-state index contributed by atoms with van der Waals surface area (Å²) in [4.78, 5) is 19.2. The zero-order valence-corrected chi connectivity index (χ0v) is 13.0. The summed E-state index contributed by atoms with van der Waals surface area (Å²) in [5.74, 6) is -1.18. The molecular formula is C16H18N2O2S. The van der Waals surface area contributed by atoms with E-state index >= 15 is 0 Å². The van der Waals surface area contributed by atoms with E-state index in [0.29, 0.717) is 6.42 Å². The van der Waals surface area contributed by atoms with Gasteiger partial charge in [0, 0.05) is 30.2 Å². The summed E-state index contributed by atoms with van der Waals surface area (Å²) in [5, 5.41) is 10.3. The van der Waals surface area contributed by atoms with Crippen molar-refractivity contribution >= 4 is 23.0 Å². The number of carboxylic acid groups (broad SMARTS) is 1. The highest BCUT2D eigenvalue weighted by molar-refractivity contribution is 7.15. The number of aromatic nitrogens is 1. The molecule has 0 amide bonds. The van der Waals surface area contributed by atoms with Crippen molar-refractivity contribution in [3.8, 4) is 10.6 Å². The first-order valence-corrected chi connectivity index (χ1v) is 7.88. The fourth-order valence-corrected chi connectivity index (χ4v) is 3.85. The number of benzene rings is 1. The second kappa shape index (κ2) is 5.48. The van der Waals surface area contributed by atoms with Gasteiger partial charge in [-0.25, -0.2) is 4.98 Å². The van der Waals surface area contributed by atoms with Gasteiger partial charge in [0.2, 0.25) is 0 Å². The molecule has 3 rings (SSSR count). The second-order valence-corrected chi connectivity index (χ2v) is 6.64. The molecule has 1 aliphatic carbocycles. The van der Waals surface area contributed by atoms with Gasteiger partial charge in [-0.1, -0.05) is 0 Å². The minimum Gasteiger partial charge on any atom is -0.481 e. The maximum Gasteiger partial charge on any atom is 0.312 e. The third-order valence-electron chi connectivity index (χ3n) is 3.88. The molecule has 0 saturated heterocycles. The number of rotatable bonds is 3. The summed E-state index contributed by atoms with van der Waals surface area (Å²) in [6.07, 6.45) is 2.59. The number of fused-ring (bicyclic) bond motifs is 1. The molecule has 110 valence electrons. The average Bonchev–Trinajstić information content (AvgIpc) is 2.90. The summed E-state index contributed by atoms with van der Waals surface area (Å²) in [6, 6.07) is 8.22. The van der Waals surface area contributed by atoms with Crippen LogP contribution in [-0.4, -0.2) is 30.2 Å². The van der Waals surface area contributed by atoms with Crippen molar-refractivity contribution in [3.63, 3.8) is 0 Å². The van der Waals surface area contributed by atoms with Crippen molar-refractivity contribution in [2.45, 2.75) is 25.2 Å². The highest BCUT2D eigenvalue weighted by Gasteiger charge is 2.30. The third-order valence-corrected chi connectivity index (χ3v) is 5.06. The number of nitrogens with zero attached hydrogens (tertiary/aromatic N) is 2. The van der Waals surface area contributed by atoms with Crippen molar-refractivity contribution in [2.24, 2.45) is 0 Å². The Balaban J connectivity index is 1.95. The first-order chi connectivity index (χ1) is 10.1. The molecule has 1 atom stereocenters. The lowest BCUT2D eigenvalue weighted by Crippen LogP contribution is -2.17. The number of carbonyl (C=O) groups is 1. The van der Waals surface area contributed by atoms with Crippen LogP contribution in [0, 0.1) is 0 Å². The van der Waals surface area contributed by atoms with E-state index in [2.05, 4.69) is 34.1 Å². The van der Waals surface area contributed by atoms with E-state index in [4.69, 9.17) is 0 Å². The van der Waals surface area contributed by atoms with Crippen LogP contribution in [0.1, 0.15) is 29.3 Å². The molecule has 1 unspecified atom stereocenters. The predicted molar refractivity (Wildman–Crippen MR) is 85.2 cm³/mol. The Labute approximate surface area is 128 Å². The van der Waals surface area contributed by atoms with Crippen LogP contribution >= 0.6 is 11.3 Å². The molecule has 0 bridgehead atoms. The van der Waals surface area contributed by atoms with E-state index in [9.17, 15) is 9.90 Å². The molecular weight excluding hydrogens is 284 g/mol. The zero-order valence-electron chi connectivity index (χ0n) is 12.2. The van der Waals surface area contributed by atoms with Crippen LogP contribution in [0.15, 0.2) is 24.3 Å². The van der Waals surface area contributed by atoms with E-state index in [1.807, 2.05) is 14.1 Å². The summed E-state index contributed by atoms with van der Waals surface area (Å²) >= 11 is 1.64. The average molecular weight is 302 g/mol.